The second kappa shape index (κ2) is 8.41. The summed E-state index contributed by atoms with van der Waals surface area (Å²) in [5.41, 5.74) is 5.55. The lowest BCUT2D eigenvalue weighted by Gasteiger charge is -2.20. The summed E-state index contributed by atoms with van der Waals surface area (Å²) in [6.45, 7) is 3.59. The number of primary sulfonamides is 1. The number of nitrogens with two attached hydrogens (primary N) is 2. The molecule has 0 aliphatic heterocycles. The van der Waals surface area contributed by atoms with Crippen molar-refractivity contribution in [2.75, 3.05) is 30.6 Å². The molecule has 0 atom stereocenters. The Labute approximate surface area is 161 Å². The zero-order valence-electron chi connectivity index (χ0n) is 15.2. The fourth-order valence-electron chi connectivity index (χ4n) is 2.73. The Morgan fingerprint density at radius 1 is 1.25 bits per heavy atom. The fraction of sp³-hybridized carbons (Fsp3) is 0.333. The number of nitrogen functional groups attached to an aromatic ring is 1. The molecule has 0 amide bonds. The highest BCUT2D eigenvalue weighted by Crippen LogP contribution is 2.49. The average Bonchev–Trinajstić information content (AvgIpc) is 2.59. The van der Waals surface area contributed by atoms with Crippen molar-refractivity contribution >= 4 is 45.5 Å². The molecule has 0 fully saturated rings. The third kappa shape index (κ3) is 4.59. The predicted octanol–water partition coefficient (Wildman–Crippen LogP) is 2.61. The molecule has 2 aromatic rings. The number of nitrogens with zero attached hydrogens (tertiary/aromatic N) is 1. The number of anilines is 2. The van der Waals surface area contributed by atoms with Crippen molar-refractivity contribution in [3.05, 3.63) is 34.4 Å². The maximum atomic E-state index is 12.7. The first kappa shape index (κ1) is 22.1. The van der Waals surface area contributed by atoms with Crippen LogP contribution in [0.4, 0.5) is 17.1 Å². The second-order valence-corrected chi connectivity index (χ2v) is 9.21. The zero-order valence-corrected chi connectivity index (χ0v) is 17.0. The molecular formula is C15H21N4O7PS. The lowest BCUT2D eigenvalue weighted by molar-refractivity contribution is -0.383. The first-order valence-corrected chi connectivity index (χ1v) is 11.5. The van der Waals surface area contributed by atoms with Crippen LogP contribution in [0.5, 0.6) is 0 Å². The first-order valence-electron chi connectivity index (χ1n) is 8.18. The van der Waals surface area contributed by atoms with E-state index in [4.69, 9.17) is 19.9 Å². The molecule has 0 spiro atoms. The number of rotatable bonds is 9. The van der Waals surface area contributed by atoms with Crippen molar-refractivity contribution in [1.29, 1.82) is 0 Å². The van der Waals surface area contributed by atoms with Crippen LogP contribution in [0.3, 0.4) is 0 Å². The Morgan fingerprint density at radius 3 is 2.36 bits per heavy atom. The van der Waals surface area contributed by atoms with Gasteiger partial charge in [0.25, 0.3) is 5.69 Å². The minimum atomic E-state index is -4.25. The lowest BCUT2D eigenvalue weighted by atomic mass is 10.1. The maximum Gasteiger partial charge on any atom is 0.349 e. The smallest absolute Gasteiger partial charge is 0.349 e. The Kier molecular flexibility index (Phi) is 6.63. The second-order valence-electron chi connectivity index (χ2n) is 5.62. The van der Waals surface area contributed by atoms with Crippen LogP contribution >= 0.6 is 7.60 Å². The summed E-state index contributed by atoms with van der Waals surface area (Å²) >= 11 is 0. The van der Waals surface area contributed by atoms with Crippen molar-refractivity contribution in [2.24, 2.45) is 5.14 Å². The summed E-state index contributed by atoms with van der Waals surface area (Å²) in [5.74, 6) is 0. The number of benzene rings is 2. The predicted molar refractivity (Wildman–Crippen MR) is 106 cm³/mol. The van der Waals surface area contributed by atoms with Gasteiger partial charge in [-0.25, -0.2) is 13.6 Å². The van der Waals surface area contributed by atoms with E-state index >= 15 is 0 Å². The molecule has 0 aromatic heterocycles. The first-order chi connectivity index (χ1) is 13.0. The Morgan fingerprint density at radius 2 is 1.86 bits per heavy atom. The standard InChI is InChI=1S/C15H21N4O7PS/c1-3-25-27(22,26-4-2)9-18-15-10-6-5-7-13(28(17,23)24)14(10)12(19(20)21)8-11(15)16/h5-8,18H,3-4,9,16H2,1-2H3,(H2,17,23,24). The molecule has 0 saturated heterocycles. The van der Waals surface area contributed by atoms with E-state index < -0.39 is 33.1 Å². The minimum Gasteiger partial charge on any atom is -0.397 e. The molecule has 0 unspecified atom stereocenters. The molecular weight excluding hydrogens is 411 g/mol. The highest BCUT2D eigenvalue weighted by Gasteiger charge is 2.27. The molecule has 2 rings (SSSR count). The lowest BCUT2D eigenvalue weighted by Crippen LogP contribution is -2.14. The van der Waals surface area contributed by atoms with E-state index in [2.05, 4.69) is 5.32 Å². The van der Waals surface area contributed by atoms with Crippen molar-refractivity contribution < 1.29 is 27.0 Å². The van der Waals surface area contributed by atoms with Gasteiger partial charge in [0.05, 0.1) is 39.8 Å². The largest absolute Gasteiger partial charge is 0.397 e. The van der Waals surface area contributed by atoms with Gasteiger partial charge in [-0.15, -0.1) is 0 Å². The number of fused-ring (bicyclic) bond motifs is 1. The molecule has 0 aliphatic carbocycles. The van der Waals surface area contributed by atoms with E-state index in [0.29, 0.717) is 0 Å². The van der Waals surface area contributed by atoms with Gasteiger partial charge in [0, 0.05) is 11.5 Å². The Balaban J connectivity index is 2.68. The molecule has 5 N–H and O–H groups in total. The number of nitrogens with one attached hydrogen (secondary N) is 1. The van der Waals surface area contributed by atoms with Crippen LogP contribution in [-0.2, 0) is 23.6 Å². The van der Waals surface area contributed by atoms with Gasteiger partial charge < -0.3 is 20.1 Å². The number of non-ortho nitro benzene ring substituents is 1. The van der Waals surface area contributed by atoms with Gasteiger partial charge in [-0.2, -0.15) is 0 Å². The van der Waals surface area contributed by atoms with Crippen LogP contribution in [0.15, 0.2) is 29.2 Å². The van der Waals surface area contributed by atoms with Crippen LogP contribution in [0.25, 0.3) is 10.8 Å². The topological polar surface area (TPSA) is 177 Å². The normalized spacial score (nSPS) is 12.2. The van der Waals surface area contributed by atoms with E-state index in [1.54, 1.807) is 13.8 Å². The molecule has 0 radical (unpaired) electrons. The van der Waals surface area contributed by atoms with Crippen molar-refractivity contribution in [1.82, 2.24) is 0 Å². The van der Waals surface area contributed by atoms with Gasteiger partial charge in [0.1, 0.15) is 6.29 Å². The quantitative estimate of drug-likeness (QED) is 0.232. The molecule has 2 aromatic carbocycles. The van der Waals surface area contributed by atoms with E-state index in [1.165, 1.54) is 12.1 Å². The molecule has 11 nitrogen and oxygen atoms in total. The molecule has 13 heteroatoms. The van der Waals surface area contributed by atoms with Gasteiger partial charge in [-0.05, 0) is 19.9 Å². The maximum absolute atomic E-state index is 12.7. The molecule has 154 valence electrons. The molecule has 0 bridgehead atoms. The van der Waals surface area contributed by atoms with Crippen molar-refractivity contribution in [2.45, 2.75) is 18.7 Å². The van der Waals surface area contributed by atoms with Crippen LogP contribution in [0.1, 0.15) is 13.8 Å². The SMILES string of the molecule is CCOP(=O)(CNc1c(N)cc([N+](=O)[O-])c2c(S(N)(=O)=O)cccc12)OCC. The third-order valence-electron chi connectivity index (χ3n) is 3.74. The van der Waals surface area contributed by atoms with E-state index in [-0.39, 0.29) is 41.6 Å². The Hall–Kier alpha value is -2.24. The third-order valence-corrected chi connectivity index (χ3v) is 6.54. The van der Waals surface area contributed by atoms with Crippen LogP contribution in [0, 0.1) is 10.1 Å². The average molecular weight is 432 g/mol. The van der Waals surface area contributed by atoms with Crippen molar-refractivity contribution in [3.63, 3.8) is 0 Å². The van der Waals surface area contributed by atoms with Crippen LogP contribution < -0.4 is 16.2 Å². The number of hydrogen-bond donors (Lipinski definition) is 3. The molecule has 0 heterocycles. The van der Waals surface area contributed by atoms with Crippen molar-refractivity contribution in [3.8, 4) is 0 Å². The summed E-state index contributed by atoms with van der Waals surface area (Å²) in [6.07, 6.45) is -0.272. The molecule has 0 saturated carbocycles. The highest BCUT2D eigenvalue weighted by atomic mass is 32.2. The van der Waals surface area contributed by atoms with Gasteiger partial charge in [0.2, 0.25) is 10.0 Å². The highest BCUT2D eigenvalue weighted by molar-refractivity contribution is 7.89. The fourth-order valence-corrected chi connectivity index (χ4v) is 4.89. The van der Waals surface area contributed by atoms with Gasteiger partial charge >= 0.3 is 7.60 Å². The van der Waals surface area contributed by atoms with E-state index in [9.17, 15) is 23.1 Å². The van der Waals surface area contributed by atoms with Gasteiger partial charge in [0.15, 0.2) is 0 Å². The number of nitro groups is 1. The number of nitro benzene ring substituents is 1. The summed E-state index contributed by atoms with van der Waals surface area (Å²) in [7, 11) is -7.75. The number of hydrogen-bond acceptors (Lipinski definition) is 9. The molecule has 0 aliphatic rings. The van der Waals surface area contributed by atoms with Crippen LogP contribution in [-0.4, -0.2) is 32.8 Å². The minimum absolute atomic E-state index is 0.0367. The van der Waals surface area contributed by atoms with E-state index in [1.807, 2.05) is 0 Å². The number of sulfonamides is 1. The van der Waals surface area contributed by atoms with Crippen LogP contribution in [0.2, 0.25) is 0 Å². The monoisotopic (exact) mass is 432 g/mol. The van der Waals surface area contributed by atoms with Gasteiger partial charge in [-0.3, -0.25) is 14.7 Å². The van der Waals surface area contributed by atoms with E-state index in [0.717, 1.165) is 12.1 Å². The summed E-state index contributed by atoms with van der Waals surface area (Å²) in [5, 5.41) is 19.4. The zero-order chi connectivity index (χ0) is 21.1. The van der Waals surface area contributed by atoms with Gasteiger partial charge in [-0.1, -0.05) is 12.1 Å². The summed E-state index contributed by atoms with van der Waals surface area (Å²) < 4.78 is 46.9. The summed E-state index contributed by atoms with van der Waals surface area (Å²) in [6, 6.07) is 5.00. The summed E-state index contributed by atoms with van der Waals surface area (Å²) in [4.78, 5) is 10.3. The Bertz CT molecular complexity index is 1050. The molecule has 28 heavy (non-hydrogen) atoms.